The van der Waals surface area contributed by atoms with Crippen LogP contribution in [0.2, 0.25) is 0 Å². The van der Waals surface area contributed by atoms with Crippen molar-refractivity contribution in [2.45, 2.75) is 19.5 Å². The molecule has 1 saturated heterocycles. The van der Waals surface area contributed by atoms with Crippen LogP contribution in [0.15, 0.2) is 60.8 Å². The van der Waals surface area contributed by atoms with Crippen molar-refractivity contribution in [2.75, 3.05) is 23.3 Å². The predicted molar refractivity (Wildman–Crippen MR) is 109 cm³/mol. The Morgan fingerprint density at radius 2 is 1.70 bits per heavy atom. The largest absolute Gasteiger partial charge is 0.435 e. The number of amides is 1. The summed E-state index contributed by atoms with van der Waals surface area (Å²) in [6, 6.07) is 14.9. The van der Waals surface area contributed by atoms with Crippen molar-refractivity contribution in [3.8, 4) is 5.69 Å². The summed E-state index contributed by atoms with van der Waals surface area (Å²) in [6.45, 7) is 4.32. The van der Waals surface area contributed by atoms with Crippen LogP contribution in [0.1, 0.15) is 29.4 Å². The third-order valence-corrected chi connectivity index (χ3v) is 5.19. The maximum Gasteiger partial charge on any atom is 0.435 e. The average molecular weight is 414 g/mol. The van der Waals surface area contributed by atoms with E-state index in [0.717, 1.165) is 29.5 Å². The van der Waals surface area contributed by atoms with Gasteiger partial charge in [-0.2, -0.15) is 18.3 Å². The van der Waals surface area contributed by atoms with E-state index in [1.165, 1.54) is 12.6 Å². The SMILES string of the molecule is CC1CCN(c2ccc(NC(=O)c3ccc(-n4ccc(C(F)(F)F)n4)cc3)cc2)C1. The van der Waals surface area contributed by atoms with Crippen LogP contribution in [0, 0.1) is 5.92 Å². The van der Waals surface area contributed by atoms with Crippen molar-refractivity contribution >= 4 is 17.3 Å². The molecule has 0 saturated carbocycles. The van der Waals surface area contributed by atoms with Crippen LogP contribution in [-0.2, 0) is 6.18 Å². The van der Waals surface area contributed by atoms with Crippen molar-refractivity contribution in [3.63, 3.8) is 0 Å². The van der Waals surface area contributed by atoms with Crippen LogP contribution in [-0.4, -0.2) is 28.8 Å². The van der Waals surface area contributed by atoms with E-state index in [4.69, 9.17) is 0 Å². The van der Waals surface area contributed by atoms with E-state index in [1.807, 2.05) is 24.3 Å². The van der Waals surface area contributed by atoms with Crippen LogP contribution < -0.4 is 10.2 Å². The maximum atomic E-state index is 12.7. The molecule has 1 atom stereocenters. The number of hydrogen-bond acceptors (Lipinski definition) is 3. The highest BCUT2D eigenvalue weighted by molar-refractivity contribution is 6.04. The van der Waals surface area contributed by atoms with Gasteiger partial charge in [-0.05, 0) is 66.9 Å². The first-order chi connectivity index (χ1) is 14.3. The number of alkyl halides is 3. The van der Waals surface area contributed by atoms with Crippen LogP contribution in [0.25, 0.3) is 5.69 Å². The summed E-state index contributed by atoms with van der Waals surface area (Å²) < 4.78 is 39.2. The summed E-state index contributed by atoms with van der Waals surface area (Å²) in [5.41, 5.74) is 1.70. The van der Waals surface area contributed by atoms with Gasteiger partial charge < -0.3 is 10.2 Å². The lowest BCUT2D eigenvalue weighted by molar-refractivity contribution is -0.141. The molecule has 1 aliphatic rings. The Hall–Kier alpha value is -3.29. The summed E-state index contributed by atoms with van der Waals surface area (Å²) in [4.78, 5) is 14.8. The summed E-state index contributed by atoms with van der Waals surface area (Å²) in [6.07, 6.45) is -2.07. The van der Waals surface area contributed by atoms with Crippen molar-refractivity contribution in [1.29, 1.82) is 0 Å². The lowest BCUT2D eigenvalue weighted by atomic mass is 10.2. The van der Waals surface area contributed by atoms with Crippen LogP contribution in [0.4, 0.5) is 24.5 Å². The fourth-order valence-electron chi connectivity index (χ4n) is 3.51. The molecule has 1 amide bonds. The van der Waals surface area contributed by atoms with Crippen molar-refractivity contribution in [2.24, 2.45) is 5.92 Å². The van der Waals surface area contributed by atoms with Gasteiger partial charge >= 0.3 is 6.18 Å². The topological polar surface area (TPSA) is 50.2 Å². The van der Waals surface area contributed by atoms with E-state index >= 15 is 0 Å². The maximum absolute atomic E-state index is 12.7. The van der Waals surface area contributed by atoms with Gasteiger partial charge in [-0.25, -0.2) is 4.68 Å². The van der Waals surface area contributed by atoms with Gasteiger partial charge in [0.15, 0.2) is 5.69 Å². The second-order valence-corrected chi connectivity index (χ2v) is 7.53. The third-order valence-electron chi connectivity index (χ3n) is 5.19. The van der Waals surface area contributed by atoms with Crippen molar-refractivity contribution in [1.82, 2.24) is 9.78 Å². The lowest BCUT2D eigenvalue weighted by Gasteiger charge is -2.18. The van der Waals surface area contributed by atoms with Gasteiger partial charge in [0.25, 0.3) is 5.91 Å². The Balaban J connectivity index is 1.41. The average Bonchev–Trinajstić information content (AvgIpc) is 3.38. The van der Waals surface area contributed by atoms with Gasteiger partial charge in [0.2, 0.25) is 0 Å². The number of nitrogens with zero attached hydrogens (tertiary/aromatic N) is 3. The van der Waals surface area contributed by atoms with Crippen molar-refractivity contribution < 1.29 is 18.0 Å². The van der Waals surface area contributed by atoms with E-state index in [2.05, 4.69) is 22.2 Å². The van der Waals surface area contributed by atoms with E-state index in [1.54, 1.807) is 24.3 Å². The van der Waals surface area contributed by atoms with Gasteiger partial charge in [-0.15, -0.1) is 0 Å². The van der Waals surface area contributed by atoms with Gasteiger partial charge in [0.1, 0.15) is 0 Å². The highest BCUT2D eigenvalue weighted by Gasteiger charge is 2.33. The molecule has 4 rings (SSSR count). The number of carbonyl (C=O) groups excluding carboxylic acids is 1. The standard InChI is InChI=1S/C22H21F3N4O/c1-15-10-12-28(14-15)18-8-4-17(5-9-18)26-21(30)16-2-6-19(7-3-16)29-13-11-20(27-29)22(23,24)25/h2-9,11,13,15H,10,12,14H2,1H3,(H,26,30). The first-order valence-corrected chi connectivity index (χ1v) is 9.69. The zero-order valence-electron chi connectivity index (χ0n) is 16.4. The van der Waals surface area contributed by atoms with Gasteiger partial charge in [0.05, 0.1) is 5.69 Å². The first kappa shape index (κ1) is 20.0. The molecule has 3 aromatic rings. The highest BCUT2D eigenvalue weighted by Crippen LogP contribution is 2.28. The molecule has 1 aromatic heterocycles. The molecule has 0 bridgehead atoms. The lowest BCUT2D eigenvalue weighted by Crippen LogP contribution is -2.19. The fourth-order valence-corrected chi connectivity index (χ4v) is 3.51. The van der Waals surface area contributed by atoms with Crippen LogP contribution in [0.3, 0.4) is 0 Å². The van der Waals surface area contributed by atoms with Crippen molar-refractivity contribution in [3.05, 3.63) is 72.1 Å². The quantitative estimate of drug-likeness (QED) is 0.654. The highest BCUT2D eigenvalue weighted by atomic mass is 19.4. The number of hydrogen-bond donors (Lipinski definition) is 1. The second kappa shape index (κ2) is 7.85. The Labute approximate surface area is 172 Å². The molecule has 2 heterocycles. The summed E-state index contributed by atoms with van der Waals surface area (Å²) in [5, 5.41) is 6.37. The third kappa shape index (κ3) is 4.32. The monoisotopic (exact) mass is 414 g/mol. The number of anilines is 2. The van der Waals surface area contributed by atoms with Gasteiger partial charge in [0, 0.05) is 36.2 Å². The number of carbonyl (C=O) groups is 1. The summed E-state index contributed by atoms with van der Waals surface area (Å²) >= 11 is 0. The molecule has 0 aliphatic carbocycles. The minimum absolute atomic E-state index is 0.291. The van der Waals surface area contributed by atoms with Crippen LogP contribution in [0.5, 0.6) is 0 Å². The smallest absolute Gasteiger partial charge is 0.371 e. The predicted octanol–water partition coefficient (Wildman–Crippen LogP) is 4.99. The van der Waals surface area contributed by atoms with E-state index in [9.17, 15) is 18.0 Å². The molecule has 0 radical (unpaired) electrons. The number of nitrogens with one attached hydrogen (secondary N) is 1. The van der Waals surface area contributed by atoms with Gasteiger partial charge in [-0.3, -0.25) is 4.79 Å². The second-order valence-electron chi connectivity index (χ2n) is 7.53. The minimum Gasteiger partial charge on any atom is -0.371 e. The molecule has 1 aliphatic heterocycles. The summed E-state index contributed by atoms with van der Waals surface area (Å²) in [7, 11) is 0. The molecular weight excluding hydrogens is 393 g/mol. The van der Waals surface area contributed by atoms with E-state index in [-0.39, 0.29) is 5.91 Å². The number of rotatable bonds is 4. The molecule has 5 nitrogen and oxygen atoms in total. The number of halogens is 3. The normalized spacial score (nSPS) is 16.7. The fraction of sp³-hybridized carbons (Fsp3) is 0.273. The molecular formula is C22H21F3N4O. The minimum atomic E-state index is -4.49. The van der Waals surface area contributed by atoms with E-state index in [0.29, 0.717) is 22.9 Å². The first-order valence-electron chi connectivity index (χ1n) is 9.69. The molecule has 1 unspecified atom stereocenters. The Kier molecular flexibility index (Phi) is 5.24. The number of benzene rings is 2. The zero-order valence-corrected chi connectivity index (χ0v) is 16.4. The van der Waals surface area contributed by atoms with Gasteiger partial charge in [-0.1, -0.05) is 6.92 Å². The molecule has 1 fully saturated rings. The Bertz CT molecular complexity index is 1030. The molecule has 2 aromatic carbocycles. The Morgan fingerprint density at radius 3 is 2.27 bits per heavy atom. The molecule has 1 N–H and O–H groups in total. The van der Waals surface area contributed by atoms with Crippen LogP contribution >= 0.6 is 0 Å². The molecule has 30 heavy (non-hydrogen) atoms. The molecule has 0 spiro atoms. The number of aromatic nitrogens is 2. The molecule has 8 heteroatoms. The summed E-state index contributed by atoms with van der Waals surface area (Å²) in [5.74, 6) is 0.398. The van der Waals surface area contributed by atoms with E-state index < -0.39 is 11.9 Å². The zero-order chi connectivity index (χ0) is 21.3. The molecule has 156 valence electrons. The Morgan fingerprint density at radius 1 is 1.03 bits per heavy atom.